The number of hydrogen-bond acceptors (Lipinski definition) is 5. The second kappa shape index (κ2) is 10.9. The molecule has 4 aromatic rings. The summed E-state index contributed by atoms with van der Waals surface area (Å²) in [6.07, 6.45) is 1.67. The summed E-state index contributed by atoms with van der Waals surface area (Å²) in [4.78, 5) is 48.7. The molecule has 3 aromatic carbocycles. The standard InChI is InChI=1S/C34H30N4O3S/c1-5-19-37-26-14-10-9-13-25(26)28(32(37)40)30-33(41)38-29(23-17-15-22(16-18-23)20(2)3)27(21(4)35-34(38)42-30)31(39)36-24-11-7-6-8-12-24/h5-18,20,29H,1,19H2,2-4H3,(H,36,39)/b30-28+/t29-/m0/s1. The Hall–Kier alpha value is -4.82. The molecule has 8 heteroatoms. The third-order valence-electron chi connectivity index (χ3n) is 7.65. The topological polar surface area (TPSA) is 83.8 Å². The summed E-state index contributed by atoms with van der Waals surface area (Å²) in [6.45, 7) is 10.2. The minimum Gasteiger partial charge on any atom is -0.322 e. The number of rotatable bonds is 6. The molecular weight excluding hydrogens is 544 g/mol. The second-order valence-electron chi connectivity index (χ2n) is 10.6. The van der Waals surface area contributed by atoms with Crippen molar-refractivity contribution < 1.29 is 9.59 Å². The molecular formula is C34H30N4O3S. The highest BCUT2D eigenvalue weighted by Crippen LogP contribution is 2.36. The summed E-state index contributed by atoms with van der Waals surface area (Å²) in [5.41, 5.74) is 4.92. The molecule has 1 N–H and O–H groups in total. The lowest BCUT2D eigenvalue weighted by Gasteiger charge is -2.25. The van der Waals surface area contributed by atoms with Crippen LogP contribution >= 0.6 is 11.3 Å². The van der Waals surface area contributed by atoms with Gasteiger partial charge in [-0.25, -0.2) is 4.99 Å². The van der Waals surface area contributed by atoms with Gasteiger partial charge in [0.05, 0.1) is 28.6 Å². The largest absolute Gasteiger partial charge is 0.322 e. The third kappa shape index (κ3) is 4.54. The average Bonchev–Trinajstić information content (AvgIpc) is 3.45. The fraction of sp³-hybridized carbons (Fsp3) is 0.176. The Bertz CT molecular complexity index is 1950. The monoisotopic (exact) mass is 574 g/mol. The van der Waals surface area contributed by atoms with Crippen LogP contribution in [0, 0.1) is 0 Å². The summed E-state index contributed by atoms with van der Waals surface area (Å²) in [5, 5.41) is 2.98. The van der Waals surface area contributed by atoms with Gasteiger partial charge in [0.25, 0.3) is 17.4 Å². The van der Waals surface area contributed by atoms with Crippen LogP contribution in [-0.4, -0.2) is 22.9 Å². The number of carbonyl (C=O) groups is 2. The van der Waals surface area contributed by atoms with E-state index in [-0.39, 0.29) is 17.4 Å². The highest BCUT2D eigenvalue weighted by atomic mass is 32.1. The number of hydrogen-bond donors (Lipinski definition) is 1. The zero-order valence-corrected chi connectivity index (χ0v) is 24.4. The smallest absolute Gasteiger partial charge is 0.271 e. The Morgan fingerprint density at radius 2 is 1.71 bits per heavy atom. The van der Waals surface area contributed by atoms with Crippen molar-refractivity contribution in [1.29, 1.82) is 0 Å². The van der Waals surface area contributed by atoms with E-state index in [1.165, 1.54) is 11.3 Å². The summed E-state index contributed by atoms with van der Waals surface area (Å²) < 4.78 is 1.87. The molecule has 2 aliphatic heterocycles. The van der Waals surface area contributed by atoms with E-state index in [4.69, 9.17) is 4.99 Å². The van der Waals surface area contributed by atoms with E-state index >= 15 is 0 Å². The maximum atomic E-state index is 14.4. The summed E-state index contributed by atoms with van der Waals surface area (Å²) in [6, 6.07) is 23.9. The van der Waals surface area contributed by atoms with Crippen LogP contribution in [0.3, 0.4) is 0 Å². The molecule has 3 heterocycles. The number of carbonyl (C=O) groups excluding carboxylic acids is 2. The van der Waals surface area contributed by atoms with Crippen molar-refractivity contribution in [2.24, 2.45) is 4.99 Å². The Balaban J connectivity index is 1.58. The average molecular weight is 575 g/mol. The van der Waals surface area contributed by atoms with Gasteiger partial charge in [0.15, 0.2) is 4.80 Å². The number of nitrogens with one attached hydrogen (secondary N) is 1. The van der Waals surface area contributed by atoms with Gasteiger partial charge in [-0.2, -0.15) is 0 Å². The number of allylic oxidation sites excluding steroid dienone is 1. The first-order chi connectivity index (χ1) is 20.3. The van der Waals surface area contributed by atoms with Crippen LogP contribution < -0.4 is 25.1 Å². The Morgan fingerprint density at radius 3 is 2.40 bits per heavy atom. The van der Waals surface area contributed by atoms with Gasteiger partial charge in [0.2, 0.25) is 0 Å². The number of fused-ring (bicyclic) bond motifs is 2. The van der Waals surface area contributed by atoms with Gasteiger partial charge in [0, 0.05) is 17.8 Å². The molecule has 0 spiro atoms. The summed E-state index contributed by atoms with van der Waals surface area (Å²) in [5.74, 6) is -0.261. The first-order valence-electron chi connectivity index (χ1n) is 13.8. The van der Waals surface area contributed by atoms with Crippen molar-refractivity contribution in [3.8, 4) is 0 Å². The number of thiazole rings is 1. The minimum absolute atomic E-state index is 0.253. The number of nitrogens with zero attached hydrogens (tertiary/aromatic N) is 3. The molecule has 0 saturated heterocycles. The van der Waals surface area contributed by atoms with Crippen LogP contribution in [-0.2, 0) is 9.59 Å². The first-order valence-corrected chi connectivity index (χ1v) is 14.6. The fourth-order valence-corrected chi connectivity index (χ4v) is 6.71. The molecule has 0 aliphatic carbocycles. The molecule has 1 aromatic heterocycles. The van der Waals surface area contributed by atoms with Crippen molar-refractivity contribution in [2.45, 2.75) is 32.7 Å². The van der Waals surface area contributed by atoms with E-state index in [9.17, 15) is 14.4 Å². The SMILES string of the molecule is C=CCN1C(=O)/C(=c2/sc3n(c2=O)[C@@H](c2ccc(C(C)C)cc2)C(C(=O)Nc2ccccc2)=C(C)N=3)c2ccccc21. The van der Waals surface area contributed by atoms with Gasteiger partial charge in [-0.05, 0) is 42.2 Å². The maximum Gasteiger partial charge on any atom is 0.271 e. The first kappa shape index (κ1) is 27.4. The van der Waals surface area contributed by atoms with E-state index < -0.39 is 6.04 Å². The van der Waals surface area contributed by atoms with Crippen LogP contribution in [0.2, 0.25) is 0 Å². The van der Waals surface area contributed by atoms with Crippen LogP contribution in [0.25, 0.3) is 5.57 Å². The lowest BCUT2D eigenvalue weighted by molar-refractivity contribution is -0.114. The van der Waals surface area contributed by atoms with E-state index in [1.807, 2.05) is 78.9 Å². The fourth-order valence-electron chi connectivity index (χ4n) is 5.57. The quantitative estimate of drug-likeness (QED) is 0.333. The Kier molecular flexibility index (Phi) is 7.08. The van der Waals surface area contributed by atoms with E-state index in [1.54, 1.807) is 22.5 Å². The maximum absolute atomic E-state index is 14.4. The number of para-hydroxylation sites is 2. The van der Waals surface area contributed by atoms with E-state index in [2.05, 4.69) is 25.7 Å². The van der Waals surface area contributed by atoms with Gasteiger partial charge < -0.3 is 10.2 Å². The van der Waals surface area contributed by atoms with Gasteiger partial charge >= 0.3 is 0 Å². The number of benzene rings is 3. The van der Waals surface area contributed by atoms with Crippen molar-refractivity contribution >= 4 is 40.1 Å². The van der Waals surface area contributed by atoms with Crippen LogP contribution in [0.15, 0.2) is 113 Å². The molecule has 0 radical (unpaired) electrons. The molecule has 0 fully saturated rings. The number of anilines is 2. The predicted octanol–water partition coefficient (Wildman–Crippen LogP) is 4.90. The third-order valence-corrected chi connectivity index (χ3v) is 8.71. The van der Waals surface area contributed by atoms with Gasteiger partial charge in [0.1, 0.15) is 4.53 Å². The predicted molar refractivity (Wildman–Crippen MR) is 167 cm³/mol. The number of aromatic nitrogens is 1. The van der Waals surface area contributed by atoms with Crippen LogP contribution in [0.4, 0.5) is 11.4 Å². The molecule has 210 valence electrons. The van der Waals surface area contributed by atoms with Gasteiger partial charge in [-0.15, -0.1) is 6.58 Å². The molecule has 2 amide bonds. The summed E-state index contributed by atoms with van der Waals surface area (Å²) in [7, 11) is 0. The Labute approximate surface area is 247 Å². The van der Waals surface area contributed by atoms with Crippen molar-refractivity contribution in [3.63, 3.8) is 0 Å². The van der Waals surface area contributed by atoms with Crippen molar-refractivity contribution in [1.82, 2.24) is 4.57 Å². The lowest BCUT2D eigenvalue weighted by atomic mass is 9.93. The molecule has 7 nitrogen and oxygen atoms in total. The van der Waals surface area contributed by atoms with Crippen molar-refractivity contribution in [2.75, 3.05) is 16.8 Å². The molecule has 0 bridgehead atoms. The van der Waals surface area contributed by atoms with E-state index in [0.29, 0.717) is 49.9 Å². The molecule has 0 saturated carbocycles. The van der Waals surface area contributed by atoms with Crippen molar-refractivity contribution in [3.05, 3.63) is 139 Å². The molecule has 1 atom stereocenters. The molecule has 2 aliphatic rings. The summed E-state index contributed by atoms with van der Waals surface area (Å²) >= 11 is 1.18. The second-order valence-corrected chi connectivity index (χ2v) is 11.6. The Morgan fingerprint density at radius 1 is 1.02 bits per heavy atom. The van der Waals surface area contributed by atoms with E-state index in [0.717, 1.165) is 16.8 Å². The highest BCUT2D eigenvalue weighted by molar-refractivity contribution is 7.07. The lowest BCUT2D eigenvalue weighted by Crippen LogP contribution is -2.41. The van der Waals surface area contributed by atoms with Crippen LogP contribution in [0.1, 0.15) is 49.4 Å². The van der Waals surface area contributed by atoms with Crippen LogP contribution in [0.5, 0.6) is 0 Å². The zero-order valence-electron chi connectivity index (χ0n) is 23.6. The highest BCUT2D eigenvalue weighted by Gasteiger charge is 2.36. The zero-order chi connectivity index (χ0) is 29.5. The van der Waals surface area contributed by atoms with Gasteiger partial charge in [-0.3, -0.25) is 19.0 Å². The molecule has 6 rings (SSSR count). The minimum atomic E-state index is -0.725. The normalized spacial score (nSPS) is 17.2. The molecule has 0 unspecified atom stereocenters. The number of amides is 2. The molecule has 42 heavy (non-hydrogen) atoms. The van der Waals surface area contributed by atoms with Gasteiger partial charge in [-0.1, -0.05) is 91.9 Å².